The summed E-state index contributed by atoms with van der Waals surface area (Å²) in [6, 6.07) is 24.6. The summed E-state index contributed by atoms with van der Waals surface area (Å²) < 4.78 is 312. The van der Waals surface area contributed by atoms with Crippen LogP contribution in [0.15, 0.2) is 142 Å². The molecule has 69 heavy (non-hydrogen) atoms. The number of halogens is 19. The molecule has 5 aromatic carbocycles. The van der Waals surface area contributed by atoms with Crippen LogP contribution >= 0.6 is 30.5 Å². The van der Waals surface area contributed by atoms with E-state index in [1.165, 1.54) is 92.7 Å². The van der Waals surface area contributed by atoms with Crippen molar-refractivity contribution in [1.82, 2.24) is 0 Å². The molecule has 0 saturated carbocycles. The van der Waals surface area contributed by atoms with Crippen LogP contribution in [0.1, 0.15) is 22.3 Å². The second-order valence-corrected chi connectivity index (χ2v) is 25.4. The van der Waals surface area contributed by atoms with Gasteiger partial charge in [0.2, 0.25) is 0 Å². The van der Waals surface area contributed by atoms with E-state index in [0.29, 0.717) is 0 Å². The van der Waals surface area contributed by atoms with Gasteiger partial charge in [-0.25, -0.2) is 0 Å². The molecule has 28 heteroatoms. The van der Waals surface area contributed by atoms with Gasteiger partial charge in [-0.3, -0.25) is 0 Å². The molecule has 0 heterocycles. The molecule has 0 aromatic heterocycles. The number of rotatable bonds is 17. The molecule has 0 aliphatic heterocycles. The van der Waals surface area contributed by atoms with Crippen LogP contribution in [-0.4, -0.2) is 63.4 Å². The van der Waals surface area contributed by atoms with Crippen LogP contribution in [0.25, 0.3) is 0 Å². The van der Waals surface area contributed by atoms with Gasteiger partial charge in [-0.2, -0.15) is 47.9 Å². The molecular formula is C41H29F18IO6S3. The fraction of sp³-hybridized carbons (Fsp3) is 0.268. The molecule has 0 aliphatic carbocycles. The van der Waals surface area contributed by atoms with Crippen molar-refractivity contribution in [2.24, 2.45) is 0 Å². The molecule has 0 fully saturated rings. The van der Waals surface area contributed by atoms with Crippen LogP contribution in [0.3, 0.4) is 0 Å². The SMILES string of the molecule is Cc1ccccc1S(OS(=O)(=O)C(F)(F)C(F)(F)C(F)(F)C(F)(F)F)(c1ccc(Cc2ccc(I(OS(=O)(=O)C(F)(F)C(F)(F)C(F)(F)C(F)(F)F)c3ccccc3)cc2)cc1)c1ccccc1C. The standard InChI is InChI=1S/C41H29F18IO6S3/c1-25-10-6-8-14-32(25)67(33-15-9-7-11-26(33)2,66-69(63,64)41(58,59)37(48,49)35(44,45)39(53,54)55)31-22-18-28(19-23-31)24-27-16-20-30(21-17-27)60(29-12-4-3-5-13-29)65-68(61,62)40(56,57)36(46,47)34(42,43)38(50,51)52/h3-23H,24H2,1-2H3. The van der Waals surface area contributed by atoms with Crippen molar-refractivity contribution in [1.29, 1.82) is 0 Å². The molecule has 0 amide bonds. The molecule has 0 bridgehead atoms. The van der Waals surface area contributed by atoms with E-state index < -0.39 is 102 Å². The molecule has 0 aliphatic rings. The Kier molecular flexibility index (Phi) is 15.1. The number of alkyl halides is 18. The summed E-state index contributed by atoms with van der Waals surface area (Å²) in [6.07, 6.45) is -14.9. The summed E-state index contributed by atoms with van der Waals surface area (Å²) in [4.78, 5) is -1.09. The van der Waals surface area contributed by atoms with Gasteiger partial charge in [-0.15, -0.1) is 0 Å². The molecular weight excluding hydrogens is 1150 g/mol. The minimum atomic E-state index is -7.66. The van der Waals surface area contributed by atoms with E-state index >= 15 is 8.78 Å². The quantitative estimate of drug-likeness (QED) is 0.0681. The van der Waals surface area contributed by atoms with Gasteiger partial charge in [0.1, 0.15) is 0 Å². The summed E-state index contributed by atoms with van der Waals surface area (Å²) in [5, 5.41) is -14.4. The van der Waals surface area contributed by atoms with E-state index in [9.17, 15) is 87.1 Å². The second-order valence-electron chi connectivity index (χ2n) is 14.4. The minimum absolute atomic E-state index is 0.0251. The normalized spacial score (nSPS) is 14.7. The van der Waals surface area contributed by atoms with Gasteiger partial charge in [0, 0.05) is 0 Å². The average molecular weight is 1180 g/mol. The maximum atomic E-state index is 15.4. The fourth-order valence-corrected chi connectivity index (χ4v) is 18.6. The molecule has 6 nitrogen and oxygen atoms in total. The summed E-state index contributed by atoms with van der Waals surface area (Å²) in [5.41, 5.74) is 0.459. The van der Waals surface area contributed by atoms with Crippen molar-refractivity contribution in [2.45, 2.75) is 81.5 Å². The molecule has 0 spiro atoms. The summed E-state index contributed by atoms with van der Waals surface area (Å²) in [6.45, 7) is 2.57. The smallest absolute Gasteiger partial charge is 0.0619 e. The molecule has 5 rings (SSSR count). The van der Waals surface area contributed by atoms with Crippen LogP contribution in [0.5, 0.6) is 0 Å². The van der Waals surface area contributed by atoms with Gasteiger partial charge in [0.15, 0.2) is 0 Å². The fourth-order valence-electron chi connectivity index (χ4n) is 6.06. The Balaban J connectivity index is 1.58. The van der Waals surface area contributed by atoms with Crippen LogP contribution < -0.4 is 0 Å². The average Bonchev–Trinajstić information content (AvgIpc) is 3.25. The zero-order valence-corrected chi connectivity index (χ0v) is 38.8. The third-order valence-electron chi connectivity index (χ3n) is 9.71. The zero-order chi connectivity index (χ0) is 52.2. The first kappa shape index (κ1) is 55.7. The zero-order valence-electron chi connectivity index (χ0n) is 34.2. The van der Waals surface area contributed by atoms with Gasteiger partial charge in [-0.1, -0.05) is 36.4 Å². The third kappa shape index (κ3) is 9.64. The molecule has 0 radical (unpaired) electrons. The van der Waals surface area contributed by atoms with Gasteiger partial charge in [0.05, 0.1) is 0 Å². The molecule has 380 valence electrons. The van der Waals surface area contributed by atoms with E-state index in [-0.39, 0.29) is 45.6 Å². The van der Waals surface area contributed by atoms with E-state index in [2.05, 4.69) is 2.51 Å². The number of benzene rings is 5. The summed E-state index contributed by atoms with van der Waals surface area (Å²) >= 11 is -4.53. The van der Waals surface area contributed by atoms with Crippen LogP contribution in [0.2, 0.25) is 0 Å². The Hall–Kier alpha value is -4.26. The summed E-state index contributed by atoms with van der Waals surface area (Å²) in [7, 11) is -19.3. The van der Waals surface area contributed by atoms with E-state index in [1.807, 2.05) is 0 Å². The Morgan fingerprint density at radius 2 is 0.768 bits per heavy atom. The van der Waals surface area contributed by atoms with E-state index in [1.54, 1.807) is 0 Å². The predicted octanol–water partition coefficient (Wildman–Crippen LogP) is 14.1. The molecule has 0 saturated heterocycles. The van der Waals surface area contributed by atoms with Gasteiger partial charge < -0.3 is 0 Å². The molecule has 5 aromatic rings. The Morgan fingerprint density at radius 3 is 1.16 bits per heavy atom. The molecule has 0 unspecified atom stereocenters. The Labute approximate surface area is 389 Å². The van der Waals surface area contributed by atoms with Crippen molar-refractivity contribution in [2.75, 3.05) is 0 Å². The van der Waals surface area contributed by atoms with E-state index in [0.717, 1.165) is 48.5 Å². The molecule has 0 N–H and O–H groups in total. The van der Waals surface area contributed by atoms with Gasteiger partial charge in [-0.05, 0) is 13.8 Å². The van der Waals surface area contributed by atoms with E-state index in [4.69, 9.17) is 3.63 Å². The van der Waals surface area contributed by atoms with Gasteiger partial charge >= 0.3 is 293 Å². The second kappa shape index (κ2) is 18.7. The number of hydrogen-bond acceptors (Lipinski definition) is 6. The van der Waals surface area contributed by atoms with Crippen LogP contribution in [0.4, 0.5) is 79.0 Å². The number of hydrogen-bond donors (Lipinski definition) is 0. The van der Waals surface area contributed by atoms with Crippen molar-refractivity contribution in [3.05, 3.63) is 157 Å². The Bertz CT molecular complexity index is 2820. The molecule has 0 atom stereocenters. The minimum Gasteiger partial charge on any atom is -0.0619 e. The predicted molar refractivity (Wildman–Crippen MR) is 220 cm³/mol. The monoisotopic (exact) mass is 1180 g/mol. The van der Waals surface area contributed by atoms with Crippen molar-refractivity contribution >= 4 is 50.8 Å². The van der Waals surface area contributed by atoms with Crippen LogP contribution in [0, 0.1) is 21.0 Å². The first-order valence-electron chi connectivity index (χ1n) is 18.5. The number of aryl methyl sites for hydroxylation is 2. The third-order valence-corrected chi connectivity index (χ3v) is 22.6. The van der Waals surface area contributed by atoms with Crippen LogP contribution in [-0.2, 0) is 32.8 Å². The first-order chi connectivity index (χ1) is 31.4. The van der Waals surface area contributed by atoms with Crippen molar-refractivity contribution < 1.29 is 102 Å². The van der Waals surface area contributed by atoms with Crippen molar-refractivity contribution in [3.8, 4) is 0 Å². The Morgan fingerprint density at radius 1 is 0.420 bits per heavy atom. The topological polar surface area (TPSA) is 86.7 Å². The summed E-state index contributed by atoms with van der Waals surface area (Å²) in [5.74, 6) is -30.4. The van der Waals surface area contributed by atoms with Gasteiger partial charge in [0.25, 0.3) is 0 Å². The van der Waals surface area contributed by atoms with Crippen molar-refractivity contribution in [3.63, 3.8) is 0 Å². The maximum absolute atomic E-state index is 15.4. The first-order valence-corrected chi connectivity index (χ1v) is 25.9.